The number of aromatic nitrogens is 1. The molecular weight excluding hydrogens is 262 g/mol. The lowest BCUT2D eigenvalue weighted by Crippen LogP contribution is -2.13. The van der Waals surface area contributed by atoms with Crippen LogP contribution in [0.4, 0.5) is 5.13 Å². The molecule has 0 saturated heterocycles. The van der Waals surface area contributed by atoms with Crippen LogP contribution in [0, 0.1) is 6.92 Å². The van der Waals surface area contributed by atoms with Gasteiger partial charge in [-0.15, -0.1) is 11.3 Å². The summed E-state index contributed by atoms with van der Waals surface area (Å²) >= 11 is 1.29. The summed E-state index contributed by atoms with van der Waals surface area (Å²) in [5, 5.41) is 16.7. The Bertz CT molecular complexity index is 634. The Labute approximate surface area is 114 Å². The SMILES string of the molecule is CC(=NO)c1csc(NC(=O)c2ccccc2C)n1. The molecule has 0 aliphatic heterocycles. The van der Waals surface area contributed by atoms with Crippen LogP contribution >= 0.6 is 11.3 Å². The van der Waals surface area contributed by atoms with Crippen LogP contribution in [0.3, 0.4) is 0 Å². The van der Waals surface area contributed by atoms with E-state index in [4.69, 9.17) is 5.21 Å². The predicted octanol–water partition coefficient (Wildman–Crippen LogP) is 2.90. The summed E-state index contributed by atoms with van der Waals surface area (Å²) < 4.78 is 0. The van der Waals surface area contributed by atoms with Crippen LogP contribution in [0.1, 0.15) is 28.5 Å². The molecular formula is C13H13N3O2S. The van der Waals surface area contributed by atoms with Crippen LogP contribution in [0.2, 0.25) is 0 Å². The third kappa shape index (κ3) is 2.97. The van der Waals surface area contributed by atoms with Gasteiger partial charge in [-0.25, -0.2) is 4.98 Å². The first-order chi connectivity index (χ1) is 9.11. The van der Waals surface area contributed by atoms with E-state index in [0.29, 0.717) is 22.1 Å². The molecule has 0 aliphatic carbocycles. The summed E-state index contributed by atoms with van der Waals surface area (Å²) in [6.45, 7) is 3.52. The number of aryl methyl sites for hydroxylation is 1. The Hall–Kier alpha value is -2.21. The fourth-order valence-electron chi connectivity index (χ4n) is 1.54. The second-order valence-electron chi connectivity index (χ2n) is 3.99. The van der Waals surface area contributed by atoms with Gasteiger partial charge in [-0.1, -0.05) is 23.4 Å². The normalized spacial score (nSPS) is 11.4. The van der Waals surface area contributed by atoms with Crippen molar-refractivity contribution >= 4 is 28.1 Å². The first kappa shape index (κ1) is 13.2. The van der Waals surface area contributed by atoms with Gasteiger partial charge in [0.15, 0.2) is 5.13 Å². The zero-order valence-corrected chi connectivity index (χ0v) is 11.4. The highest BCUT2D eigenvalue weighted by molar-refractivity contribution is 7.14. The molecule has 0 atom stereocenters. The Kier molecular flexibility index (Phi) is 3.91. The molecule has 1 aromatic heterocycles. The number of benzene rings is 1. The molecule has 0 fully saturated rings. The first-order valence-electron chi connectivity index (χ1n) is 5.63. The summed E-state index contributed by atoms with van der Waals surface area (Å²) in [5.74, 6) is -0.197. The smallest absolute Gasteiger partial charge is 0.257 e. The van der Waals surface area contributed by atoms with Crippen LogP contribution in [-0.2, 0) is 0 Å². The van der Waals surface area contributed by atoms with Crippen molar-refractivity contribution in [1.29, 1.82) is 0 Å². The van der Waals surface area contributed by atoms with E-state index in [2.05, 4.69) is 15.5 Å². The number of hydrogen-bond donors (Lipinski definition) is 2. The Morgan fingerprint density at radius 3 is 2.84 bits per heavy atom. The minimum atomic E-state index is -0.197. The molecule has 0 bridgehead atoms. The fraction of sp³-hybridized carbons (Fsp3) is 0.154. The molecule has 1 aromatic carbocycles. The lowest BCUT2D eigenvalue weighted by molar-refractivity contribution is 0.102. The molecule has 19 heavy (non-hydrogen) atoms. The van der Waals surface area contributed by atoms with Gasteiger partial charge in [-0.2, -0.15) is 0 Å². The largest absolute Gasteiger partial charge is 0.411 e. The maximum atomic E-state index is 12.1. The topological polar surface area (TPSA) is 74.6 Å². The number of amides is 1. The Morgan fingerprint density at radius 2 is 2.16 bits per heavy atom. The molecule has 2 aromatic rings. The number of thiazole rings is 1. The van der Waals surface area contributed by atoms with Gasteiger partial charge in [0.1, 0.15) is 11.4 Å². The molecule has 0 radical (unpaired) electrons. The zero-order valence-electron chi connectivity index (χ0n) is 10.5. The van der Waals surface area contributed by atoms with Crippen molar-refractivity contribution in [3.63, 3.8) is 0 Å². The highest BCUT2D eigenvalue weighted by atomic mass is 32.1. The summed E-state index contributed by atoms with van der Waals surface area (Å²) in [7, 11) is 0. The van der Waals surface area contributed by atoms with E-state index in [1.807, 2.05) is 25.1 Å². The predicted molar refractivity (Wildman–Crippen MR) is 75.2 cm³/mol. The van der Waals surface area contributed by atoms with Crippen LogP contribution in [0.25, 0.3) is 0 Å². The summed E-state index contributed by atoms with van der Waals surface area (Å²) in [5.41, 5.74) is 2.48. The van der Waals surface area contributed by atoms with Crippen LogP contribution < -0.4 is 5.32 Å². The zero-order chi connectivity index (χ0) is 13.8. The lowest BCUT2D eigenvalue weighted by atomic mass is 10.1. The fourth-order valence-corrected chi connectivity index (χ4v) is 2.29. The van der Waals surface area contributed by atoms with Gasteiger partial charge in [0.05, 0.1) is 0 Å². The second-order valence-corrected chi connectivity index (χ2v) is 4.85. The molecule has 6 heteroatoms. The van der Waals surface area contributed by atoms with Gasteiger partial charge in [0.2, 0.25) is 0 Å². The van der Waals surface area contributed by atoms with Crippen LogP contribution in [0.5, 0.6) is 0 Å². The van der Waals surface area contributed by atoms with Gasteiger partial charge < -0.3 is 5.21 Å². The molecule has 2 rings (SSSR count). The highest BCUT2D eigenvalue weighted by Gasteiger charge is 2.11. The quantitative estimate of drug-likeness (QED) is 0.514. The molecule has 2 N–H and O–H groups in total. The van der Waals surface area contributed by atoms with Crippen molar-refractivity contribution in [2.24, 2.45) is 5.16 Å². The third-order valence-electron chi connectivity index (χ3n) is 2.64. The highest BCUT2D eigenvalue weighted by Crippen LogP contribution is 2.18. The monoisotopic (exact) mass is 275 g/mol. The third-order valence-corrected chi connectivity index (χ3v) is 3.39. The number of anilines is 1. The van der Waals surface area contributed by atoms with Crippen molar-refractivity contribution < 1.29 is 10.0 Å². The average molecular weight is 275 g/mol. The van der Waals surface area contributed by atoms with Gasteiger partial charge in [0.25, 0.3) is 5.91 Å². The summed E-state index contributed by atoms with van der Waals surface area (Å²) in [6, 6.07) is 7.34. The molecule has 0 unspecified atom stereocenters. The number of nitrogens with zero attached hydrogens (tertiary/aromatic N) is 2. The minimum absolute atomic E-state index is 0.197. The van der Waals surface area contributed by atoms with E-state index in [1.165, 1.54) is 11.3 Å². The van der Waals surface area contributed by atoms with E-state index in [-0.39, 0.29) is 5.91 Å². The van der Waals surface area contributed by atoms with Gasteiger partial charge in [-0.3, -0.25) is 10.1 Å². The van der Waals surface area contributed by atoms with Crippen LogP contribution in [-0.4, -0.2) is 21.8 Å². The van der Waals surface area contributed by atoms with E-state index in [9.17, 15) is 4.79 Å². The van der Waals surface area contributed by atoms with Crippen molar-refractivity contribution in [2.75, 3.05) is 5.32 Å². The van der Waals surface area contributed by atoms with Crippen LogP contribution in [0.15, 0.2) is 34.8 Å². The molecule has 1 heterocycles. The van der Waals surface area contributed by atoms with Gasteiger partial charge >= 0.3 is 0 Å². The maximum Gasteiger partial charge on any atom is 0.257 e. The maximum absolute atomic E-state index is 12.1. The second kappa shape index (κ2) is 5.62. The standard InChI is InChI=1S/C13H13N3O2S/c1-8-5-3-4-6-10(8)12(17)15-13-14-11(7-19-13)9(2)16-18/h3-7,18H,1-2H3,(H,14,15,17). The minimum Gasteiger partial charge on any atom is -0.411 e. The van der Waals surface area contributed by atoms with Crippen molar-refractivity contribution in [2.45, 2.75) is 13.8 Å². The number of hydrogen-bond acceptors (Lipinski definition) is 5. The number of carbonyl (C=O) groups is 1. The lowest BCUT2D eigenvalue weighted by Gasteiger charge is -2.04. The number of oxime groups is 1. The number of carbonyl (C=O) groups excluding carboxylic acids is 1. The number of nitrogens with one attached hydrogen (secondary N) is 1. The van der Waals surface area contributed by atoms with E-state index in [1.54, 1.807) is 18.4 Å². The molecule has 0 saturated carbocycles. The summed E-state index contributed by atoms with van der Waals surface area (Å²) in [4.78, 5) is 16.2. The number of rotatable bonds is 3. The Morgan fingerprint density at radius 1 is 1.42 bits per heavy atom. The van der Waals surface area contributed by atoms with E-state index >= 15 is 0 Å². The van der Waals surface area contributed by atoms with Gasteiger partial charge in [-0.05, 0) is 25.5 Å². The molecule has 5 nitrogen and oxygen atoms in total. The first-order valence-corrected chi connectivity index (χ1v) is 6.51. The molecule has 98 valence electrons. The molecule has 0 spiro atoms. The van der Waals surface area contributed by atoms with Crippen molar-refractivity contribution in [3.05, 3.63) is 46.5 Å². The van der Waals surface area contributed by atoms with E-state index in [0.717, 1.165) is 5.56 Å². The molecule has 0 aliphatic rings. The van der Waals surface area contributed by atoms with Gasteiger partial charge in [0, 0.05) is 10.9 Å². The van der Waals surface area contributed by atoms with Crippen molar-refractivity contribution in [1.82, 2.24) is 4.98 Å². The summed E-state index contributed by atoms with van der Waals surface area (Å²) in [6.07, 6.45) is 0. The average Bonchev–Trinajstić information content (AvgIpc) is 2.86. The van der Waals surface area contributed by atoms with Crippen molar-refractivity contribution in [3.8, 4) is 0 Å². The van der Waals surface area contributed by atoms with E-state index < -0.39 is 0 Å². The Balaban J connectivity index is 2.16. The molecule has 1 amide bonds.